The highest BCUT2D eigenvalue weighted by molar-refractivity contribution is 5.54. The normalized spacial score (nSPS) is 22.1. The molecule has 2 N–H and O–H groups in total. The van der Waals surface area contributed by atoms with Gasteiger partial charge in [-0.1, -0.05) is 18.9 Å². The van der Waals surface area contributed by atoms with Crippen LogP contribution in [0.1, 0.15) is 51.1 Å². The molecule has 1 aromatic rings. The van der Waals surface area contributed by atoms with Crippen molar-refractivity contribution in [2.45, 2.75) is 51.6 Å². The second-order valence-electron chi connectivity index (χ2n) is 5.65. The van der Waals surface area contributed by atoms with Crippen LogP contribution in [-0.4, -0.2) is 24.7 Å². The van der Waals surface area contributed by atoms with Gasteiger partial charge in [-0.3, -0.25) is 0 Å². The van der Waals surface area contributed by atoms with Gasteiger partial charge in [-0.15, -0.1) is 0 Å². The lowest BCUT2D eigenvalue weighted by Crippen LogP contribution is -2.32. The molecule has 1 aliphatic heterocycles. The van der Waals surface area contributed by atoms with Crippen LogP contribution in [0.5, 0.6) is 5.75 Å². The van der Waals surface area contributed by atoms with Gasteiger partial charge in [0.25, 0.3) is 0 Å². The van der Waals surface area contributed by atoms with Crippen molar-refractivity contribution < 1.29 is 5.11 Å². The lowest BCUT2D eigenvalue weighted by Gasteiger charge is -2.30. The molecule has 0 saturated carbocycles. The molecule has 0 aliphatic carbocycles. The van der Waals surface area contributed by atoms with Gasteiger partial charge in [0.2, 0.25) is 0 Å². The monoisotopic (exact) mass is 262 g/mol. The van der Waals surface area contributed by atoms with Gasteiger partial charge in [0, 0.05) is 35.9 Å². The van der Waals surface area contributed by atoms with E-state index in [0.29, 0.717) is 11.8 Å². The number of hydrogen-bond acceptors (Lipinski definition) is 3. The molecule has 0 spiro atoms. The minimum absolute atomic E-state index is 0.176. The molecule has 1 fully saturated rings. The molecule has 1 heterocycles. The maximum Gasteiger partial charge on any atom is 0.122 e. The van der Waals surface area contributed by atoms with E-state index >= 15 is 0 Å². The fourth-order valence-electron chi connectivity index (χ4n) is 2.89. The van der Waals surface area contributed by atoms with E-state index in [9.17, 15) is 5.11 Å². The van der Waals surface area contributed by atoms with E-state index in [1.165, 1.54) is 25.7 Å². The lowest BCUT2D eigenvalue weighted by molar-refractivity contribution is 0.457. The van der Waals surface area contributed by atoms with Crippen LogP contribution in [0.25, 0.3) is 0 Å². The molecule has 0 bridgehead atoms. The highest BCUT2D eigenvalue weighted by atomic mass is 16.3. The predicted octanol–water partition coefficient (Wildman–Crippen LogP) is 3.44. The Morgan fingerprint density at radius 2 is 2.11 bits per heavy atom. The van der Waals surface area contributed by atoms with Crippen molar-refractivity contribution in [1.29, 1.82) is 0 Å². The van der Waals surface area contributed by atoms with Crippen LogP contribution in [0.15, 0.2) is 18.2 Å². The quantitative estimate of drug-likeness (QED) is 0.876. The van der Waals surface area contributed by atoms with Crippen LogP contribution in [0, 0.1) is 0 Å². The number of nitrogens with zero attached hydrogens (tertiary/aromatic N) is 1. The molecule has 3 heteroatoms. The molecule has 2 unspecified atom stereocenters. The van der Waals surface area contributed by atoms with Crippen molar-refractivity contribution in [1.82, 2.24) is 5.32 Å². The van der Waals surface area contributed by atoms with Crippen molar-refractivity contribution >= 4 is 5.69 Å². The zero-order valence-electron chi connectivity index (χ0n) is 12.3. The van der Waals surface area contributed by atoms with Crippen molar-refractivity contribution in [3.8, 4) is 5.75 Å². The van der Waals surface area contributed by atoms with E-state index in [4.69, 9.17) is 0 Å². The molecule has 2 atom stereocenters. The van der Waals surface area contributed by atoms with Gasteiger partial charge in [0.1, 0.15) is 5.75 Å². The minimum Gasteiger partial charge on any atom is -0.508 e. The average Bonchev–Trinajstić information content (AvgIpc) is 2.62. The molecule has 0 aromatic heterocycles. The van der Waals surface area contributed by atoms with Crippen molar-refractivity contribution in [3.05, 3.63) is 23.8 Å². The third kappa shape index (κ3) is 3.21. The number of aromatic hydroxyl groups is 1. The van der Waals surface area contributed by atoms with E-state index in [2.05, 4.69) is 30.1 Å². The average molecular weight is 262 g/mol. The van der Waals surface area contributed by atoms with Crippen LogP contribution in [-0.2, 0) is 0 Å². The van der Waals surface area contributed by atoms with Gasteiger partial charge in [-0.2, -0.15) is 0 Å². The molecule has 1 saturated heterocycles. The topological polar surface area (TPSA) is 35.5 Å². The Kier molecular flexibility index (Phi) is 4.70. The summed E-state index contributed by atoms with van der Waals surface area (Å²) in [5.41, 5.74) is 2.12. The second kappa shape index (κ2) is 6.29. The fraction of sp³-hybridized carbons (Fsp3) is 0.625. The summed E-state index contributed by atoms with van der Waals surface area (Å²) in [4.78, 5) is 2.43. The Morgan fingerprint density at radius 1 is 1.32 bits per heavy atom. The summed E-state index contributed by atoms with van der Waals surface area (Å²) >= 11 is 0. The van der Waals surface area contributed by atoms with Gasteiger partial charge in [0.05, 0.1) is 0 Å². The zero-order chi connectivity index (χ0) is 13.8. The van der Waals surface area contributed by atoms with Crippen LogP contribution < -0.4 is 10.2 Å². The molecule has 19 heavy (non-hydrogen) atoms. The van der Waals surface area contributed by atoms with Gasteiger partial charge < -0.3 is 15.3 Å². The highest BCUT2D eigenvalue weighted by Crippen LogP contribution is 2.31. The molecular weight excluding hydrogens is 236 g/mol. The Morgan fingerprint density at radius 3 is 2.79 bits per heavy atom. The fourth-order valence-corrected chi connectivity index (χ4v) is 2.89. The minimum atomic E-state index is 0.176. The third-order valence-electron chi connectivity index (χ3n) is 4.30. The first-order valence-corrected chi connectivity index (χ1v) is 7.40. The summed E-state index contributed by atoms with van der Waals surface area (Å²) in [7, 11) is 1.91. The van der Waals surface area contributed by atoms with Crippen LogP contribution in [0.4, 0.5) is 5.69 Å². The number of phenols is 1. The van der Waals surface area contributed by atoms with Gasteiger partial charge >= 0.3 is 0 Å². The first-order valence-electron chi connectivity index (χ1n) is 7.40. The summed E-state index contributed by atoms with van der Waals surface area (Å²) in [5, 5.41) is 13.4. The van der Waals surface area contributed by atoms with E-state index in [1.54, 1.807) is 0 Å². The maximum atomic E-state index is 10.2. The summed E-state index contributed by atoms with van der Waals surface area (Å²) in [5.74, 6) is 0.399. The van der Waals surface area contributed by atoms with E-state index in [0.717, 1.165) is 17.8 Å². The van der Waals surface area contributed by atoms with Crippen molar-refractivity contribution in [2.24, 2.45) is 0 Å². The molecule has 106 valence electrons. The molecule has 0 radical (unpaired) electrons. The highest BCUT2D eigenvalue weighted by Gasteiger charge is 2.18. The Bertz CT molecular complexity index is 419. The lowest BCUT2D eigenvalue weighted by atomic mass is 10.1. The summed E-state index contributed by atoms with van der Waals surface area (Å²) in [6, 6.07) is 6.85. The van der Waals surface area contributed by atoms with Crippen LogP contribution >= 0.6 is 0 Å². The van der Waals surface area contributed by atoms with Gasteiger partial charge in [-0.05, 0) is 39.8 Å². The molecule has 3 nitrogen and oxygen atoms in total. The first kappa shape index (κ1) is 14.2. The number of rotatable bonds is 3. The molecular formula is C16H26N2O. The van der Waals surface area contributed by atoms with Gasteiger partial charge in [0.15, 0.2) is 0 Å². The van der Waals surface area contributed by atoms with E-state index < -0.39 is 0 Å². The SMILES string of the molecule is CNC(C)c1ccc(N2CCCCCC2C)cc1O. The summed E-state index contributed by atoms with van der Waals surface area (Å²) in [6.45, 7) is 5.44. The zero-order valence-corrected chi connectivity index (χ0v) is 12.3. The largest absolute Gasteiger partial charge is 0.508 e. The second-order valence-corrected chi connectivity index (χ2v) is 5.65. The maximum absolute atomic E-state index is 10.2. The first-order chi connectivity index (χ1) is 9.13. The molecule has 1 aliphatic rings. The third-order valence-corrected chi connectivity index (χ3v) is 4.30. The number of anilines is 1. The Balaban J connectivity index is 2.23. The molecule has 1 aromatic carbocycles. The molecule has 0 amide bonds. The number of hydrogen-bond donors (Lipinski definition) is 2. The number of nitrogens with one attached hydrogen (secondary N) is 1. The van der Waals surface area contributed by atoms with Crippen LogP contribution in [0.3, 0.4) is 0 Å². The van der Waals surface area contributed by atoms with Crippen molar-refractivity contribution in [3.63, 3.8) is 0 Å². The van der Waals surface area contributed by atoms with Crippen LogP contribution in [0.2, 0.25) is 0 Å². The number of phenolic OH excluding ortho intramolecular Hbond substituents is 1. The van der Waals surface area contributed by atoms with Crippen molar-refractivity contribution in [2.75, 3.05) is 18.5 Å². The predicted molar refractivity (Wildman–Crippen MR) is 80.9 cm³/mol. The van der Waals surface area contributed by atoms with Gasteiger partial charge in [-0.25, -0.2) is 0 Å². The molecule has 2 rings (SSSR count). The Labute approximate surface area is 116 Å². The summed E-state index contributed by atoms with van der Waals surface area (Å²) in [6.07, 6.45) is 5.13. The Hall–Kier alpha value is -1.22. The van der Waals surface area contributed by atoms with E-state index in [1.807, 2.05) is 19.2 Å². The smallest absolute Gasteiger partial charge is 0.122 e. The summed E-state index contributed by atoms with van der Waals surface area (Å²) < 4.78 is 0. The van der Waals surface area contributed by atoms with E-state index in [-0.39, 0.29) is 6.04 Å². The standard InChI is InChI=1S/C16H26N2O/c1-12-7-5-4-6-10-18(12)14-8-9-15(13(2)17-3)16(19)11-14/h8-9,11-13,17,19H,4-7,10H2,1-3H3. The number of benzene rings is 1.